The quantitative estimate of drug-likeness (QED) is 0.707. The number of rotatable bonds is 4. The van der Waals surface area contributed by atoms with Gasteiger partial charge in [0.15, 0.2) is 0 Å². The Labute approximate surface area is 85.1 Å². The number of nitrogens with one attached hydrogen (secondary N) is 1. The molecule has 0 aromatic rings. The minimum Gasteiger partial charge on any atom is -0.396 e. The van der Waals surface area contributed by atoms with E-state index in [0.717, 1.165) is 38.1 Å². The Morgan fingerprint density at radius 2 is 2.29 bits per heavy atom. The molecule has 0 atom stereocenters. The van der Waals surface area contributed by atoms with Crippen LogP contribution < -0.4 is 5.32 Å². The SMILES string of the molecule is C=C(C)NCC12CC(CO)(CCO1)C2. The van der Waals surface area contributed by atoms with Crippen LogP contribution in [0.25, 0.3) is 0 Å². The Morgan fingerprint density at radius 3 is 2.86 bits per heavy atom. The first-order valence-corrected chi connectivity index (χ1v) is 5.24. The fraction of sp³-hybridized carbons (Fsp3) is 0.818. The van der Waals surface area contributed by atoms with Crippen LogP contribution in [0.5, 0.6) is 0 Å². The van der Waals surface area contributed by atoms with Crippen molar-refractivity contribution >= 4 is 0 Å². The number of hydrogen-bond acceptors (Lipinski definition) is 3. The van der Waals surface area contributed by atoms with Crippen molar-refractivity contribution in [3.8, 4) is 0 Å². The molecule has 0 radical (unpaired) electrons. The van der Waals surface area contributed by atoms with E-state index in [1.807, 2.05) is 6.92 Å². The molecule has 3 nitrogen and oxygen atoms in total. The Morgan fingerprint density at radius 1 is 1.57 bits per heavy atom. The minimum absolute atomic E-state index is 0.0140. The number of fused-ring (bicyclic) bond motifs is 2. The first-order valence-electron chi connectivity index (χ1n) is 5.24. The van der Waals surface area contributed by atoms with Crippen LogP contribution in [0, 0.1) is 5.41 Å². The molecule has 2 aliphatic heterocycles. The maximum atomic E-state index is 9.29. The highest BCUT2D eigenvalue weighted by Gasteiger charge is 2.57. The third kappa shape index (κ3) is 1.55. The molecule has 2 saturated heterocycles. The summed E-state index contributed by atoms with van der Waals surface area (Å²) in [6.07, 6.45) is 3.01. The standard InChI is InChI=1S/C11H19NO2/c1-9(2)12-7-11-5-10(6-11,8-13)3-4-14-11/h12-13H,1,3-8H2,2H3. The molecule has 1 saturated carbocycles. The zero-order chi connectivity index (χ0) is 10.2. The minimum atomic E-state index is -0.0140. The van der Waals surface area contributed by atoms with Gasteiger partial charge in [-0.2, -0.15) is 0 Å². The van der Waals surface area contributed by atoms with Crippen LogP contribution in [0.2, 0.25) is 0 Å². The summed E-state index contributed by atoms with van der Waals surface area (Å²) in [5, 5.41) is 12.5. The lowest BCUT2D eigenvalue weighted by atomic mass is 9.56. The van der Waals surface area contributed by atoms with E-state index >= 15 is 0 Å². The Bertz CT molecular complexity index is 244. The van der Waals surface area contributed by atoms with Gasteiger partial charge >= 0.3 is 0 Å². The van der Waals surface area contributed by atoms with Crippen molar-refractivity contribution in [3.05, 3.63) is 12.3 Å². The molecule has 2 N–H and O–H groups in total. The van der Waals surface area contributed by atoms with Crippen molar-refractivity contribution < 1.29 is 9.84 Å². The highest BCUT2D eigenvalue weighted by atomic mass is 16.5. The molecule has 2 heterocycles. The summed E-state index contributed by atoms with van der Waals surface area (Å²) in [5.41, 5.74) is 1.14. The molecule has 0 spiro atoms. The highest BCUT2D eigenvalue weighted by Crippen LogP contribution is 2.55. The van der Waals surface area contributed by atoms with Crippen molar-refractivity contribution in [2.24, 2.45) is 5.41 Å². The topological polar surface area (TPSA) is 41.5 Å². The van der Waals surface area contributed by atoms with Crippen LogP contribution in [0.15, 0.2) is 12.3 Å². The number of aliphatic hydroxyl groups is 1. The van der Waals surface area contributed by atoms with Gasteiger partial charge in [0.1, 0.15) is 0 Å². The largest absolute Gasteiger partial charge is 0.396 e. The molecule has 0 unspecified atom stereocenters. The molecule has 0 aromatic heterocycles. The number of aliphatic hydroxyl groups excluding tert-OH is 1. The molecule has 80 valence electrons. The van der Waals surface area contributed by atoms with E-state index in [9.17, 15) is 5.11 Å². The molecule has 1 aliphatic carbocycles. The number of ether oxygens (including phenoxy) is 1. The molecule has 14 heavy (non-hydrogen) atoms. The molecule has 0 amide bonds. The van der Waals surface area contributed by atoms with E-state index in [0.29, 0.717) is 6.61 Å². The van der Waals surface area contributed by atoms with Crippen LogP contribution in [-0.4, -0.2) is 30.5 Å². The second kappa shape index (κ2) is 3.24. The molecule has 3 fully saturated rings. The molecule has 3 aliphatic rings. The normalized spacial score (nSPS) is 40.1. The average Bonchev–Trinajstić information content (AvgIpc) is 2.14. The van der Waals surface area contributed by atoms with Gasteiger partial charge in [-0.15, -0.1) is 0 Å². The van der Waals surface area contributed by atoms with E-state index in [2.05, 4.69) is 11.9 Å². The van der Waals surface area contributed by atoms with Crippen molar-refractivity contribution in [2.75, 3.05) is 19.8 Å². The lowest BCUT2D eigenvalue weighted by molar-refractivity contribution is -0.232. The van der Waals surface area contributed by atoms with Crippen LogP contribution in [-0.2, 0) is 4.74 Å². The molecule has 0 aromatic carbocycles. The van der Waals surface area contributed by atoms with Gasteiger partial charge in [-0.25, -0.2) is 0 Å². The Balaban J connectivity index is 1.91. The van der Waals surface area contributed by atoms with E-state index < -0.39 is 0 Å². The number of allylic oxidation sites excluding steroid dienone is 1. The van der Waals surface area contributed by atoms with Gasteiger partial charge in [0, 0.05) is 30.9 Å². The smallest absolute Gasteiger partial charge is 0.0866 e. The van der Waals surface area contributed by atoms with Gasteiger partial charge in [-0.3, -0.25) is 0 Å². The Hall–Kier alpha value is -0.540. The third-order valence-corrected chi connectivity index (χ3v) is 3.48. The van der Waals surface area contributed by atoms with Crippen molar-refractivity contribution in [1.82, 2.24) is 5.32 Å². The number of hydrogen-bond donors (Lipinski definition) is 2. The van der Waals surface area contributed by atoms with Crippen molar-refractivity contribution in [2.45, 2.75) is 31.8 Å². The summed E-state index contributed by atoms with van der Waals surface area (Å²) in [5.74, 6) is 0. The van der Waals surface area contributed by atoms with E-state index in [-0.39, 0.29) is 11.0 Å². The average molecular weight is 197 g/mol. The predicted molar refractivity (Wildman–Crippen MR) is 54.9 cm³/mol. The third-order valence-electron chi connectivity index (χ3n) is 3.48. The monoisotopic (exact) mass is 197 g/mol. The zero-order valence-corrected chi connectivity index (χ0v) is 8.81. The lowest BCUT2D eigenvalue weighted by Crippen LogP contribution is -2.63. The van der Waals surface area contributed by atoms with E-state index in [1.54, 1.807) is 0 Å². The van der Waals surface area contributed by atoms with Crippen molar-refractivity contribution in [1.29, 1.82) is 0 Å². The van der Waals surface area contributed by atoms with Gasteiger partial charge < -0.3 is 15.2 Å². The molecule has 3 heteroatoms. The van der Waals surface area contributed by atoms with Gasteiger partial charge in [0.05, 0.1) is 5.60 Å². The highest BCUT2D eigenvalue weighted by molar-refractivity contribution is 5.10. The second-order valence-electron chi connectivity index (χ2n) is 4.93. The summed E-state index contributed by atoms with van der Waals surface area (Å²) in [6, 6.07) is 0. The van der Waals surface area contributed by atoms with Crippen LogP contribution in [0.4, 0.5) is 0 Å². The maximum absolute atomic E-state index is 9.29. The first kappa shape index (κ1) is 9.99. The fourth-order valence-corrected chi connectivity index (χ4v) is 2.76. The summed E-state index contributed by atoms with van der Waals surface area (Å²) >= 11 is 0. The fourth-order valence-electron chi connectivity index (χ4n) is 2.76. The maximum Gasteiger partial charge on any atom is 0.0866 e. The van der Waals surface area contributed by atoms with Crippen LogP contribution in [0.3, 0.4) is 0 Å². The van der Waals surface area contributed by atoms with Crippen LogP contribution >= 0.6 is 0 Å². The first-order chi connectivity index (χ1) is 6.60. The van der Waals surface area contributed by atoms with Gasteiger partial charge in [-0.1, -0.05) is 6.58 Å². The van der Waals surface area contributed by atoms with E-state index in [4.69, 9.17) is 4.74 Å². The summed E-state index contributed by atoms with van der Waals surface area (Å²) in [6.45, 7) is 7.70. The summed E-state index contributed by atoms with van der Waals surface area (Å²) < 4.78 is 5.79. The van der Waals surface area contributed by atoms with Crippen LogP contribution in [0.1, 0.15) is 26.2 Å². The van der Waals surface area contributed by atoms with E-state index in [1.165, 1.54) is 0 Å². The Kier molecular flexibility index (Phi) is 2.32. The van der Waals surface area contributed by atoms with Gasteiger partial charge in [0.2, 0.25) is 0 Å². The van der Waals surface area contributed by atoms with Gasteiger partial charge in [0.25, 0.3) is 0 Å². The molecular weight excluding hydrogens is 178 g/mol. The zero-order valence-electron chi connectivity index (χ0n) is 8.81. The van der Waals surface area contributed by atoms with Crippen molar-refractivity contribution in [3.63, 3.8) is 0 Å². The molecule has 2 bridgehead atoms. The molecular formula is C11H19NO2. The lowest BCUT2D eigenvalue weighted by Gasteiger charge is -2.59. The summed E-state index contributed by atoms with van der Waals surface area (Å²) in [4.78, 5) is 0. The summed E-state index contributed by atoms with van der Waals surface area (Å²) in [7, 11) is 0. The molecule has 3 rings (SSSR count). The predicted octanol–water partition coefficient (Wildman–Crippen LogP) is 1.04. The second-order valence-corrected chi connectivity index (χ2v) is 4.93. The van der Waals surface area contributed by atoms with Gasteiger partial charge in [-0.05, 0) is 26.2 Å².